The van der Waals surface area contributed by atoms with Gasteiger partial charge in [0.25, 0.3) is 0 Å². The number of aliphatic hydroxyl groups is 1. The summed E-state index contributed by atoms with van der Waals surface area (Å²) in [6, 6.07) is 0. The molecule has 3 N–H and O–H groups in total. The van der Waals surface area contributed by atoms with Crippen LogP contribution in [0.15, 0.2) is 0 Å². The summed E-state index contributed by atoms with van der Waals surface area (Å²) in [4.78, 5) is 19.4. The minimum atomic E-state index is -1.79. The Morgan fingerprint density at radius 3 is 1.89 bits per heavy atom. The molecular formula is C4H6O5. The van der Waals surface area contributed by atoms with Crippen LogP contribution in [0.1, 0.15) is 6.42 Å². The van der Waals surface area contributed by atoms with Crippen LogP contribution in [0.3, 0.4) is 0 Å². The first-order chi connectivity index (χ1) is 4.04. The zero-order valence-electron chi connectivity index (χ0n) is 4.44. The summed E-state index contributed by atoms with van der Waals surface area (Å²) in [5.41, 5.74) is 0. The van der Waals surface area contributed by atoms with Crippen molar-refractivity contribution in [1.82, 2.24) is 0 Å². The fourth-order valence-electron chi connectivity index (χ4n) is 0.253. The Labute approximate surface area is 50.5 Å². The normalized spacial score (nSPS) is 12.6. The predicted octanol–water partition coefficient (Wildman–Crippen LogP) is -1.09. The summed E-state index contributed by atoms with van der Waals surface area (Å²) >= 11 is 0. The van der Waals surface area contributed by atoms with E-state index in [1.165, 1.54) is 0 Å². The number of aliphatic hydroxyl groups excluding tert-OH is 1. The highest BCUT2D eigenvalue weighted by Crippen LogP contribution is 1.89. The molecule has 0 radical (unpaired) electrons. The van der Waals surface area contributed by atoms with Gasteiger partial charge in [0, 0.05) is 0 Å². The van der Waals surface area contributed by atoms with Gasteiger partial charge >= 0.3 is 11.9 Å². The highest BCUT2D eigenvalue weighted by Gasteiger charge is 2.16. The van der Waals surface area contributed by atoms with Gasteiger partial charge in [-0.3, -0.25) is 4.79 Å². The minimum Gasteiger partial charge on any atom is -0.481 e. The first kappa shape index (κ1) is 7.90. The van der Waals surface area contributed by atoms with Crippen molar-refractivity contribution >= 4 is 11.9 Å². The molecule has 0 aliphatic heterocycles. The van der Waals surface area contributed by atoms with Crippen LogP contribution < -0.4 is 0 Å². The SMILES string of the molecule is O=[13C](O)[13CH2][13C@@H](O)[13C](=O)O. The third-order valence-electron chi connectivity index (χ3n) is 0.653. The number of carboxylic acid groups (broad SMARTS) is 2. The summed E-state index contributed by atoms with van der Waals surface area (Å²) in [6.45, 7) is 0. The standard InChI is InChI=1S/C4H6O5/c5-2(4(8)9)1-3(6)7/h2,5H,1H2,(H,6,7)(H,8,9)/t2-/m1/s1/i1+1,2+1,3+1,4+1. The molecule has 1 atom stereocenters. The molecule has 0 fully saturated rings. The number of rotatable bonds is 3. The average Bonchev–Trinajstić information content (AvgIpc) is 1.63. The summed E-state index contributed by atoms with van der Waals surface area (Å²) in [5.74, 6) is -2.85. The highest BCUT2D eigenvalue weighted by molar-refractivity contribution is 5.79. The van der Waals surface area contributed by atoms with Crippen LogP contribution in [0, 0.1) is 0 Å². The van der Waals surface area contributed by atoms with E-state index in [-0.39, 0.29) is 0 Å². The monoisotopic (exact) mass is 138 g/mol. The van der Waals surface area contributed by atoms with Gasteiger partial charge in [-0.1, -0.05) is 0 Å². The van der Waals surface area contributed by atoms with Gasteiger partial charge in [-0.15, -0.1) is 0 Å². The van der Waals surface area contributed by atoms with E-state index in [2.05, 4.69) is 0 Å². The molecule has 0 aromatic carbocycles. The average molecular weight is 138 g/mol. The molecule has 0 bridgehead atoms. The van der Waals surface area contributed by atoms with Crippen LogP contribution >= 0.6 is 0 Å². The molecule has 5 heteroatoms. The largest absolute Gasteiger partial charge is 0.481 e. The zero-order chi connectivity index (χ0) is 7.44. The highest BCUT2D eigenvalue weighted by atomic mass is 16.5. The van der Waals surface area contributed by atoms with Gasteiger partial charge in [0.05, 0.1) is 6.42 Å². The third kappa shape index (κ3) is 3.48. The summed E-state index contributed by atoms with van der Waals surface area (Å²) in [7, 11) is 0. The lowest BCUT2D eigenvalue weighted by molar-refractivity contribution is -0.152. The fourth-order valence-corrected chi connectivity index (χ4v) is 0.253. The molecule has 0 rings (SSSR count). The van der Waals surface area contributed by atoms with E-state index in [9.17, 15) is 9.59 Å². The first-order valence-electron chi connectivity index (χ1n) is 2.16. The van der Waals surface area contributed by atoms with Crippen LogP contribution in [0.5, 0.6) is 0 Å². The second-order valence-corrected chi connectivity index (χ2v) is 1.45. The van der Waals surface area contributed by atoms with E-state index in [4.69, 9.17) is 15.3 Å². The van der Waals surface area contributed by atoms with Gasteiger partial charge in [-0.25, -0.2) is 4.79 Å². The number of hydrogen-bond donors (Lipinski definition) is 3. The van der Waals surface area contributed by atoms with E-state index in [0.29, 0.717) is 0 Å². The maximum absolute atomic E-state index is 9.72. The van der Waals surface area contributed by atoms with Gasteiger partial charge in [-0.2, -0.15) is 0 Å². The van der Waals surface area contributed by atoms with E-state index in [1.807, 2.05) is 0 Å². The Balaban J connectivity index is 3.63. The second-order valence-electron chi connectivity index (χ2n) is 1.45. The third-order valence-corrected chi connectivity index (χ3v) is 0.653. The lowest BCUT2D eigenvalue weighted by atomic mass is 11.2. The van der Waals surface area contributed by atoms with Crippen molar-refractivity contribution in [2.75, 3.05) is 0 Å². The van der Waals surface area contributed by atoms with E-state index in [0.717, 1.165) is 0 Å². The van der Waals surface area contributed by atoms with Crippen molar-refractivity contribution in [1.29, 1.82) is 0 Å². The second kappa shape index (κ2) is 3.03. The van der Waals surface area contributed by atoms with Gasteiger partial charge in [0.15, 0.2) is 6.10 Å². The van der Waals surface area contributed by atoms with Crippen LogP contribution in [0.25, 0.3) is 0 Å². The summed E-state index contributed by atoms with van der Waals surface area (Å²) in [6.07, 6.45) is -2.54. The molecule has 9 heavy (non-hydrogen) atoms. The Morgan fingerprint density at radius 1 is 1.33 bits per heavy atom. The van der Waals surface area contributed by atoms with Crippen molar-refractivity contribution in [3.63, 3.8) is 0 Å². The minimum absolute atomic E-state index is 0.755. The molecule has 0 saturated heterocycles. The molecule has 0 saturated carbocycles. The van der Waals surface area contributed by atoms with Crippen molar-refractivity contribution in [3.05, 3.63) is 0 Å². The Bertz CT molecular complexity index is 129. The molecule has 0 unspecified atom stereocenters. The topological polar surface area (TPSA) is 94.8 Å². The van der Waals surface area contributed by atoms with Crippen LogP contribution in [0.2, 0.25) is 0 Å². The van der Waals surface area contributed by atoms with Crippen LogP contribution in [-0.4, -0.2) is 33.4 Å². The maximum atomic E-state index is 9.72. The Kier molecular flexibility index (Phi) is 2.66. The number of hydrogen-bond acceptors (Lipinski definition) is 3. The van der Waals surface area contributed by atoms with Crippen molar-refractivity contribution in [3.8, 4) is 0 Å². The van der Waals surface area contributed by atoms with Crippen LogP contribution in [0.4, 0.5) is 0 Å². The van der Waals surface area contributed by atoms with Gasteiger partial charge in [-0.05, 0) is 0 Å². The molecule has 0 aliphatic rings. The van der Waals surface area contributed by atoms with Crippen LogP contribution in [-0.2, 0) is 9.59 Å². The fraction of sp³-hybridized carbons (Fsp3) is 0.500. The summed E-state index contributed by atoms with van der Waals surface area (Å²) < 4.78 is 0. The molecular weight excluding hydrogens is 132 g/mol. The number of aliphatic carboxylic acids is 2. The summed E-state index contributed by atoms with van der Waals surface area (Å²) in [5, 5.41) is 24.1. The smallest absolute Gasteiger partial charge is 0.333 e. The Morgan fingerprint density at radius 2 is 1.78 bits per heavy atom. The first-order valence-corrected chi connectivity index (χ1v) is 2.16. The molecule has 5 nitrogen and oxygen atoms in total. The van der Waals surface area contributed by atoms with Crippen molar-refractivity contribution in [2.24, 2.45) is 0 Å². The van der Waals surface area contributed by atoms with E-state index < -0.39 is 24.5 Å². The predicted molar refractivity (Wildman–Crippen MR) is 25.9 cm³/mol. The zero-order valence-corrected chi connectivity index (χ0v) is 4.44. The van der Waals surface area contributed by atoms with Gasteiger partial charge in [0.2, 0.25) is 0 Å². The molecule has 0 aliphatic carbocycles. The number of carbonyl (C=O) groups is 2. The Hall–Kier alpha value is -1.10. The lowest BCUT2D eigenvalue weighted by Gasteiger charge is -1.97. The number of carboxylic acids is 2. The van der Waals surface area contributed by atoms with E-state index >= 15 is 0 Å². The maximum Gasteiger partial charge on any atom is 0.333 e. The lowest BCUT2D eigenvalue weighted by Crippen LogP contribution is -2.22. The molecule has 0 spiro atoms. The quantitative estimate of drug-likeness (QED) is 0.430. The molecule has 0 aromatic heterocycles. The van der Waals surface area contributed by atoms with E-state index in [1.54, 1.807) is 0 Å². The molecule has 0 amide bonds. The van der Waals surface area contributed by atoms with Gasteiger partial charge in [0.1, 0.15) is 0 Å². The molecule has 0 heterocycles. The van der Waals surface area contributed by atoms with Crippen molar-refractivity contribution in [2.45, 2.75) is 12.5 Å². The molecule has 0 aromatic rings. The molecule has 52 valence electrons. The van der Waals surface area contributed by atoms with Gasteiger partial charge < -0.3 is 15.3 Å². The van der Waals surface area contributed by atoms with Crippen molar-refractivity contribution < 1.29 is 24.9 Å².